The van der Waals surface area contributed by atoms with Crippen LogP contribution in [0, 0.1) is 0 Å². The van der Waals surface area contributed by atoms with Crippen LogP contribution < -0.4 is 4.74 Å². The van der Waals surface area contributed by atoms with E-state index in [1.807, 2.05) is 0 Å². The Labute approximate surface area is 177 Å². The van der Waals surface area contributed by atoms with E-state index in [9.17, 15) is 13.6 Å². The zero-order valence-electron chi connectivity index (χ0n) is 17.1. The molecular formula is C21H23F2N5O3. The highest BCUT2D eigenvalue weighted by Gasteiger charge is 2.28. The zero-order valence-corrected chi connectivity index (χ0v) is 17.1. The molecule has 164 valence electrons. The van der Waals surface area contributed by atoms with Crippen LogP contribution >= 0.6 is 0 Å². The number of nitrogens with zero attached hydrogens (tertiary/aromatic N) is 5. The van der Waals surface area contributed by atoms with E-state index in [0.29, 0.717) is 43.3 Å². The van der Waals surface area contributed by atoms with E-state index in [0.717, 1.165) is 17.4 Å². The molecule has 1 atom stereocenters. The number of methoxy groups -OCH3 is 1. The minimum absolute atomic E-state index is 0.106. The molecule has 2 aromatic heterocycles. The molecule has 1 amide bonds. The number of likely N-dealkylation sites (tertiary alicyclic amines) is 1. The Kier molecular flexibility index (Phi) is 6.36. The SMILES string of the molecule is COCCOc1ccc(C(=O)N2CCC[C@@H](c3cc(C(F)F)n4ncnc4n3)C2)cc1. The lowest BCUT2D eigenvalue weighted by Gasteiger charge is -2.32. The maximum atomic E-state index is 13.5. The summed E-state index contributed by atoms with van der Waals surface area (Å²) in [6, 6.07) is 8.32. The Morgan fingerprint density at radius 2 is 2.06 bits per heavy atom. The van der Waals surface area contributed by atoms with Crippen molar-refractivity contribution in [1.29, 1.82) is 0 Å². The fourth-order valence-corrected chi connectivity index (χ4v) is 3.74. The quantitative estimate of drug-likeness (QED) is 0.535. The standard InChI is InChI=1S/C21H23F2N5O3/c1-30-9-10-31-16-6-4-14(5-7-16)20(29)27-8-2-3-15(12-27)17-11-18(19(22)23)28-21(26-17)24-13-25-28/h4-7,11,13,15,19H,2-3,8-10,12H2,1H3/t15-/m1/s1. The van der Waals surface area contributed by atoms with Crippen LogP contribution in [0.1, 0.15) is 46.9 Å². The maximum absolute atomic E-state index is 13.5. The molecule has 0 aliphatic carbocycles. The first-order valence-corrected chi connectivity index (χ1v) is 10.1. The van der Waals surface area contributed by atoms with Crippen LogP contribution in [0.2, 0.25) is 0 Å². The second-order valence-corrected chi connectivity index (χ2v) is 7.33. The van der Waals surface area contributed by atoms with Crippen molar-refractivity contribution in [1.82, 2.24) is 24.5 Å². The molecule has 0 N–H and O–H groups in total. The minimum atomic E-state index is -2.70. The van der Waals surface area contributed by atoms with Crippen LogP contribution in [-0.4, -0.2) is 63.8 Å². The van der Waals surface area contributed by atoms with E-state index in [2.05, 4.69) is 15.1 Å². The first-order valence-electron chi connectivity index (χ1n) is 10.1. The monoisotopic (exact) mass is 431 g/mol. The summed E-state index contributed by atoms with van der Waals surface area (Å²) in [4.78, 5) is 23.1. The molecule has 1 aliphatic heterocycles. The first-order chi connectivity index (χ1) is 15.1. The van der Waals surface area contributed by atoms with Crippen LogP contribution in [0.4, 0.5) is 8.78 Å². The fraction of sp³-hybridized carbons (Fsp3) is 0.429. The smallest absolute Gasteiger partial charge is 0.280 e. The molecule has 0 bridgehead atoms. The molecule has 1 saturated heterocycles. The van der Waals surface area contributed by atoms with Gasteiger partial charge in [0.1, 0.15) is 24.4 Å². The molecular weight excluding hydrogens is 408 g/mol. The van der Waals surface area contributed by atoms with E-state index in [-0.39, 0.29) is 23.3 Å². The van der Waals surface area contributed by atoms with Crippen molar-refractivity contribution in [2.24, 2.45) is 0 Å². The van der Waals surface area contributed by atoms with Gasteiger partial charge < -0.3 is 14.4 Å². The number of amides is 1. The third kappa shape index (κ3) is 4.63. The summed E-state index contributed by atoms with van der Waals surface area (Å²) in [5, 5.41) is 3.82. The van der Waals surface area contributed by atoms with E-state index in [4.69, 9.17) is 9.47 Å². The number of piperidine rings is 1. The topological polar surface area (TPSA) is 81.9 Å². The lowest BCUT2D eigenvalue weighted by atomic mass is 9.93. The molecule has 3 heterocycles. The van der Waals surface area contributed by atoms with Crippen LogP contribution in [0.15, 0.2) is 36.7 Å². The number of aromatic nitrogens is 4. The molecule has 0 unspecified atom stereocenters. The van der Waals surface area contributed by atoms with Gasteiger partial charge in [-0.1, -0.05) is 0 Å². The molecule has 8 nitrogen and oxygen atoms in total. The number of fused-ring (bicyclic) bond motifs is 1. The molecule has 0 saturated carbocycles. The molecule has 3 aromatic rings. The van der Waals surface area contributed by atoms with Crippen molar-refractivity contribution in [3.05, 3.63) is 53.6 Å². The number of hydrogen-bond donors (Lipinski definition) is 0. The molecule has 1 aromatic carbocycles. The largest absolute Gasteiger partial charge is 0.491 e. The van der Waals surface area contributed by atoms with Crippen molar-refractivity contribution < 1.29 is 23.0 Å². The average molecular weight is 431 g/mol. The van der Waals surface area contributed by atoms with Crippen molar-refractivity contribution in [3.63, 3.8) is 0 Å². The van der Waals surface area contributed by atoms with E-state index in [1.54, 1.807) is 36.3 Å². The van der Waals surface area contributed by atoms with Gasteiger partial charge in [0.25, 0.3) is 18.1 Å². The lowest BCUT2D eigenvalue weighted by Crippen LogP contribution is -2.39. The summed E-state index contributed by atoms with van der Waals surface area (Å²) in [6.45, 7) is 1.93. The van der Waals surface area contributed by atoms with Crippen molar-refractivity contribution in [2.75, 3.05) is 33.4 Å². The summed E-state index contributed by atoms with van der Waals surface area (Å²) in [7, 11) is 1.60. The summed E-state index contributed by atoms with van der Waals surface area (Å²) in [5.41, 5.74) is 0.814. The first kappa shape index (κ1) is 21.1. The Morgan fingerprint density at radius 3 is 2.81 bits per heavy atom. The number of halogens is 2. The van der Waals surface area contributed by atoms with E-state index < -0.39 is 6.43 Å². The van der Waals surface area contributed by atoms with Gasteiger partial charge >= 0.3 is 0 Å². The number of ether oxygens (including phenoxy) is 2. The number of alkyl halides is 2. The Balaban J connectivity index is 1.48. The second-order valence-electron chi connectivity index (χ2n) is 7.33. The van der Waals surface area contributed by atoms with Crippen LogP contribution in [-0.2, 0) is 4.74 Å². The molecule has 4 rings (SSSR count). The van der Waals surface area contributed by atoms with Gasteiger partial charge in [-0.25, -0.2) is 13.8 Å². The molecule has 1 aliphatic rings. The number of rotatable bonds is 7. The highest BCUT2D eigenvalue weighted by molar-refractivity contribution is 5.94. The molecule has 10 heteroatoms. The third-order valence-corrected chi connectivity index (χ3v) is 5.31. The highest BCUT2D eigenvalue weighted by Crippen LogP contribution is 2.29. The predicted molar refractivity (Wildman–Crippen MR) is 107 cm³/mol. The predicted octanol–water partition coefficient (Wildman–Crippen LogP) is 3.11. The summed E-state index contributed by atoms with van der Waals surface area (Å²) < 4.78 is 38.5. The number of carbonyl (C=O) groups excluding carboxylic acids is 1. The van der Waals surface area contributed by atoms with Crippen molar-refractivity contribution >= 4 is 11.7 Å². The number of carbonyl (C=O) groups is 1. The molecule has 0 spiro atoms. The van der Waals surface area contributed by atoms with Gasteiger partial charge in [-0.05, 0) is 43.2 Å². The van der Waals surface area contributed by atoms with Crippen molar-refractivity contribution in [2.45, 2.75) is 25.2 Å². The summed E-state index contributed by atoms with van der Waals surface area (Å²) in [6.07, 6.45) is 0.0304. The van der Waals surface area contributed by atoms with E-state index in [1.165, 1.54) is 12.4 Å². The van der Waals surface area contributed by atoms with Gasteiger partial charge in [0, 0.05) is 31.7 Å². The third-order valence-electron chi connectivity index (χ3n) is 5.31. The van der Waals surface area contributed by atoms with Gasteiger partial charge in [0.15, 0.2) is 0 Å². The Bertz CT molecular complexity index is 1040. The zero-order chi connectivity index (χ0) is 21.8. The molecule has 31 heavy (non-hydrogen) atoms. The highest BCUT2D eigenvalue weighted by atomic mass is 19.3. The summed E-state index contributed by atoms with van der Waals surface area (Å²) >= 11 is 0. The number of hydrogen-bond acceptors (Lipinski definition) is 6. The minimum Gasteiger partial charge on any atom is -0.491 e. The second kappa shape index (κ2) is 9.34. The van der Waals surface area contributed by atoms with Crippen LogP contribution in [0.5, 0.6) is 5.75 Å². The summed E-state index contributed by atoms with van der Waals surface area (Å²) in [5.74, 6) is 0.551. The Hall–Kier alpha value is -3.14. The maximum Gasteiger partial charge on any atom is 0.280 e. The van der Waals surface area contributed by atoms with Gasteiger partial charge in [0.2, 0.25) is 0 Å². The van der Waals surface area contributed by atoms with Crippen LogP contribution in [0.25, 0.3) is 5.78 Å². The van der Waals surface area contributed by atoms with Gasteiger partial charge in [-0.3, -0.25) is 4.79 Å². The number of benzene rings is 1. The molecule has 1 fully saturated rings. The van der Waals surface area contributed by atoms with Crippen molar-refractivity contribution in [3.8, 4) is 5.75 Å². The molecule has 0 radical (unpaired) electrons. The van der Waals surface area contributed by atoms with Crippen LogP contribution in [0.3, 0.4) is 0 Å². The average Bonchev–Trinajstić information content (AvgIpc) is 3.27. The van der Waals surface area contributed by atoms with Gasteiger partial charge in [-0.15, -0.1) is 0 Å². The normalized spacial score (nSPS) is 16.8. The van der Waals surface area contributed by atoms with Gasteiger partial charge in [0.05, 0.1) is 12.3 Å². The lowest BCUT2D eigenvalue weighted by molar-refractivity contribution is 0.0705. The van der Waals surface area contributed by atoms with Gasteiger partial charge in [-0.2, -0.15) is 14.6 Å². The fourth-order valence-electron chi connectivity index (χ4n) is 3.74. The van der Waals surface area contributed by atoms with E-state index >= 15 is 0 Å². The Morgan fingerprint density at radius 1 is 1.26 bits per heavy atom.